The summed E-state index contributed by atoms with van der Waals surface area (Å²) in [6.45, 7) is 0.742. The van der Waals surface area contributed by atoms with Gasteiger partial charge in [-0.2, -0.15) is 0 Å². The van der Waals surface area contributed by atoms with Crippen LogP contribution >= 0.6 is 0 Å². The van der Waals surface area contributed by atoms with E-state index in [0.717, 1.165) is 44.3 Å². The van der Waals surface area contributed by atoms with Gasteiger partial charge in [0.2, 0.25) is 0 Å². The Hall–Kier alpha value is -1.91. The maximum Gasteiger partial charge on any atom is 0.123 e. The van der Waals surface area contributed by atoms with Crippen molar-refractivity contribution in [3.63, 3.8) is 0 Å². The highest BCUT2D eigenvalue weighted by molar-refractivity contribution is 5.36. The van der Waals surface area contributed by atoms with Crippen molar-refractivity contribution in [2.45, 2.75) is 50.0 Å². The van der Waals surface area contributed by atoms with Crippen molar-refractivity contribution in [1.82, 2.24) is 0 Å². The summed E-state index contributed by atoms with van der Waals surface area (Å²) >= 11 is 0. The second-order valence-electron chi connectivity index (χ2n) is 8.36. The molecule has 0 bridgehead atoms. The lowest BCUT2D eigenvalue weighted by Crippen LogP contribution is -2.40. The molecule has 0 saturated heterocycles. The lowest BCUT2D eigenvalue weighted by molar-refractivity contribution is 0.198. The number of ether oxygens (including phenoxy) is 1. The fourth-order valence-electron chi connectivity index (χ4n) is 4.58. The molecule has 3 atom stereocenters. The first kappa shape index (κ1) is 18.5. The highest BCUT2D eigenvalue weighted by Gasteiger charge is 2.36. The van der Waals surface area contributed by atoms with E-state index >= 15 is 0 Å². The van der Waals surface area contributed by atoms with Gasteiger partial charge in [-0.1, -0.05) is 18.2 Å². The van der Waals surface area contributed by atoms with Crippen LogP contribution in [0.3, 0.4) is 0 Å². The second-order valence-corrected chi connectivity index (χ2v) is 8.36. The first-order valence-corrected chi connectivity index (χ1v) is 9.94. The normalized spacial score (nSPS) is 27.4. The van der Waals surface area contributed by atoms with Crippen LogP contribution in [0.4, 0.5) is 4.39 Å². The number of halogens is 1. The molecule has 2 aliphatic carbocycles. The molecule has 0 spiro atoms. The van der Waals surface area contributed by atoms with Crippen molar-refractivity contribution >= 4 is 0 Å². The van der Waals surface area contributed by atoms with Crippen LogP contribution in [0.25, 0.3) is 0 Å². The topological polar surface area (TPSA) is 55.5 Å². The summed E-state index contributed by atoms with van der Waals surface area (Å²) in [5.74, 6) is 1.45. The second kappa shape index (κ2) is 7.61. The predicted molar refractivity (Wildman–Crippen MR) is 104 cm³/mol. The summed E-state index contributed by atoms with van der Waals surface area (Å²) < 4.78 is 18.8. The average Bonchev–Trinajstić information content (AvgIpc) is 3.10. The summed E-state index contributed by atoms with van der Waals surface area (Å²) in [4.78, 5) is 0. The smallest absolute Gasteiger partial charge is 0.123 e. The van der Waals surface area contributed by atoms with Gasteiger partial charge in [-0.3, -0.25) is 0 Å². The summed E-state index contributed by atoms with van der Waals surface area (Å²) in [6, 6.07) is 13.1. The number of aliphatic hydroxyl groups is 1. The average molecular weight is 369 g/mol. The Bertz CT molecular complexity index is 791. The number of benzene rings is 2. The molecule has 4 heteroatoms. The SMILES string of the molecule is N[C@]1(CO)CC[C@H](c2ccc3c(c2)CCC(COc2ccc(F)cc2)C3)C1. The van der Waals surface area contributed by atoms with Gasteiger partial charge >= 0.3 is 0 Å². The van der Waals surface area contributed by atoms with Gasteiger partial charge in [-0.25, -0.2) is 4.39 Å². The van der Waals surface area contributed by atoms with Crippen molar-refractivity contribution in [3.8, 4) is 5.75 Å². The monoisotopic (exact) mass is 369 g/mol. The number of rotatable bonds is 5. The maximum absolute atomic E-state index is 13.0. The van der Waals surface area contributed by atoms with Crippen LogP contribution in [-0.2, 0) is 12.8 Å². The summed E-state index contributed by atoms with van der Waals surface area (Å²) in [7, 11) is 0. The molecule has 3 nitrogen and oxygen atoms in total. The molecule has 2 aliphatic rings. The van der Waals surface area contributed by atoms with Crippen LogP contribution in [-0.4, -0.2) is 23.9 Å². The number of fused-ring (bicyclic) bond motifs is 1. The largest absolute Gasteiger partial charge is 0.493 e. The van der Waals surface area contributed by atoms with E-state index in [2.05, 4.69) is 18.2 Å². The fourth-order valence-corrected chi connectivity index (χ4v) is 4.58. The van der Waals surface area contributed by atoms with E-state index in [9.17, 15) is 9.50 Å². The Morgan fingerprint density at radius 2 is 1.93 bits per heavy atom. The molecule has 144 valence electrons. The van der Waals surface area contributed by atoms with Gasteiger partial charge in [0.15, 0.2) is 0 Å². The van der Waals surface area contributed by atoms with Crippen LogP contribution in [0.2, 0.25) is 0 Å². The van der Waals surface area contributed by atoms with Crippen molar-refractivity contribution in [2.75, 3.05) is 13.2 Å². The molecule has 1 unspecified atom stereocenters. The molecule has 1 saturated carbocycles. The zero-order valence-electron chi connectivity index (χ0n) is 15.7. The van der Waals surface area contributed by atoms with E-state index in [0.29, 0.717) is 18.4 Å². The third-order valence-electron chi connectivity index (χ3n) is 6.29. The zero-order chi connectivity index (χ0) is 18.9. The fraction of sp³-hybridized carbons (Fsp3) is 0.478. The van der Waals surface area contributed by atoms with Crippen LogP contribution < -0.4 is 10.5 Å². The molecular weight excluding hydrogens is 341 g/mol. The maximum atomic E-state index is 13.0. The number of aryl methyl sites for hydroxylation is 1. The van der Waals surface area contributed by atoms with E-state index < -0.39 is 5.54 Å². The Labute approximate surface area is 160 Å². The molecule has 0 heterocycles. The van der Waals surface area contributed by atoms with E-state index in [1.54, 1.807) is 12.1 Å². The van der Waals surface area contributed by atoms with Crippen LogP contribution in [0, 0.1) is 11.7 Å². The Balaban J connectivity index is 1.37. The molecule has 2 aromatic rings. The third-order valence-corrected chi connectivity index (χ3v) is 6.29. The highest BCUT2D eigenvalue weighted by atomic mass is 19.1. The molecule has 27 heavy (non-hydrogen) atoms. The summed E-state index contributed by atoms with van der Waals surface area (Å²) in [5, 5.41) is 9.50. The molecule has 1 fully saturated rings. The van der Waals surface area contributed by atoms with Gasteiger partial charge in [-0.05, 0) is 91.3 Å². The highest BCUT2D eigenvalue weighted by Crippen LogP contribution is 2.40. The lowest BCUT2D eigenvalue weighted by Gasteiger charge is -2.26. The molecular formula is C23H28FNO2. The van der Waals surface area contributed by atoms with Gasteiger partial charge in [0.25, 0.3) is 0 Å². The van der Waals surface area contributed by atoms with E-state index in [1.165, 1.54) is 28.8 Å². The molecule has 4 rings (SSSR count). The number of nitrogens with two attached hydrogens (primary N) is 1. The molecule has 0 aromatic heterocycles. The summed E-state index contributed by atoms with van der Waals surface area (Å²) in [5.41, 5.74) is 10.1. The molecule has 2 aromatic carbocycles. The quantitative estimate of drug-likeness (QED) is 0.839. The number of aliphatic hydroxyl groups excluding tert-OH is 1. The van der Waals surface area contributed by atoms with Crippen LogP contribution in [0.15, 0.2) is 42.5 Å². The van der Waals surface area contributed by atoms with E-state index in [-0.39, 0.29) is 12.4 Å². The van der Waals surface area contributed by atoms with E-state index in [1.807, 2.05) is 0 Å². The lowest BCUT2D eigenvalue weighted by atomic mass is 9.82. The molecule has 3 N–H and O–H groups in total. The van der Waals surface area contributed by atoms with Crippen molar-refractivity contribution < 1.29 is 14.2 Å². The minimum Gasteiger partial charge on any atom is -0.493 e. The van der Waals surface area contributed by atoms with Gasteiger partial charge in [0.1, 0.15) is 11.6 Å². The first-order chi connectivity index (χ1) is 13.0. The number of hydrogen-bond donors (Lipinski definition) is 2. The summed E-state index contributed by atoms with van der Waals surface area (Å²) in [6.07, 6.45) is 6.04. The van der Waals surface area contributed by atoms with Crippen LogP contribution in [0.5, 0.6) is 5.75 Å². The van der Waals surface area contributed by atoms with Crippen molar-refractivity contribution in [3.05, 3.63) is 65.0 Å². The van der Waals surface area contributed by atoms with Crippen molar-refractivity contribution in [1.29, 1.82) is 0 Å². The minimum atomic E-state index is -0.399. The Morgan fingerprint density at radius 3 is 2.67 bits per heavy atom. The Morgan fingerprint density at radius 1 is 1.11 bits per heavy atom. The van der Waals surface area contributed by atoms with Gasteiger partial charge < -0.3 is 15.6 Å². The first-order valence-electron chi connectivity index (χ1n) is 9.94. The van der Waals surface area contributed by atoms with Gasteiger partial charge in [-0.15, -0.1) is 0 Å². The van der Waals surface area contributed by atoms with Crippen LogP contribution in [0.1, 0.15) is 48.3 Å². The van der Waals surface area contributed by atoms with Gasteiger partial charge in [0.05, 0.1) is 13.2 Å². The zero-order valence-corrected chi connectivity index (χ0v) is 15.7. The third kappa shape index (κ3) is 4.17. The standard InChI is InChI=1S/C23H28FNO2/c24-21-5-7-22(8-6-21)27-14-16-1-2-18-12-19(4-3-17(18)11-16)20-9-10-23(25,13-20)15-26/h3-8,12,16,20,26H,1-2,9-11,13-15,25H2/t16?,20-,23+/m0/s1. The number of hydrogen-bond acceptors (Lipinski definition) is 3. The Kier molecular flexibility index (Phi) is 5.20. The minimum absolute atomic E-state index is 0.0736. The molecule has 0 aliphatic heterocycles. The van der Waals surface area contributed by atoms with Crippen molar-refractivity contribution in [2.24, 2.45) is 11.7 Å². The van der Waals surface area contributed by atoms with E-state index in [4.69, 9.17) is 10.5 Å². The predicted octanol–water partition coefficient (Wildman–Crippen LogP) is 3.97. The molecule has 0 amide bonds. The molecule has 0 radical (unpaired) electrons. The van der Waals surface area contributed by atoms with Gasteiger partial charge in [0, 0.05) is 5.54 Å².